The van der Waals surface area contributed by atoms with Gasteiger partial charge < -0.3 is 19.8 Å². The summed E-state index contributed by atoms with van der Waals surface area (Å²) in [6.45, 7) is 2.85. The van der Waals surface area contributed by atoms with E-state index in [0.29, 0.717) is 13.2 Å². The lowest BCUT2D eigenvalue weighted by Crippen LogP contribution is -2.42. The van der Waals surface area contributed by atoms with Gasteiger partial charge in [-0.2, -0.15) is 0 Å². The third-order valence-corrected chi connectivity index (χ3v) is 2.90. The van der Waals surface area contributed by atoms with Gasteiger partial charge in [0.2, 0.25) is 0 Å². The van der Waals surface area contributed by atoms with Gasteiger partial charge in [-0.15, -0.1) is 0 Å². The first-order valence-corrected chi connectivity index (χ1v) is 6.97. The summed E-state index contributed by atoms with van der Waals surface area (Å²) in [7, 11) is 0. The van der Waals surface area contributed by atoms with Gasteiger partial charge in [-0.3, -0.25) is 0 Å². The Morgan fingerprint density at radius 3 is 2.81 bits per heavy atom. The first-order chi connectivity index (χ1) is 10.2. The first kappa shape index (κ1) is 15.0. The van der Waals surface area contributed by atoms with Crippen LogP contribution in [0.3, 0.4) is 0 Å². The van der Waals surface area contributed by atoms with E-state index in [2.05, 4.69) is 10.6 Å². The van der Waals surface area contributed by atoms with Gasteiger partial charge in [0.15, 0.2) is 0 Å². The normalized spacial score (nSPS) is 11.7. The van der Waals surface area contributed by atoms with E-state index >= 15 is 0 Å². The molecule has 0 aliphatic carbocycles. The predicted molar refractivity (Wildman–Crippen MR) is 80.3 cm³/mol. The third-order valence-electron chi connectivity index (χ3n) is 2.90. The Morgan fingerprint density at radius 2 is 2.10 bits per heavy atom. The second-order valence-electron chi connectivity index (χ2n) is 4.80. The number of nitrogens with one attached hydrogen (secondary N) is 2. The quantitative estimate of drug-likeness (QED) is 0.770. The highest BCUT2D eigenvalue weighted by molar-refractivity contribution is 5.74. The number of hydrogen-bond donors (Lipinski definition) is 2. The van der Waals surface area contributed by atoms with Gasteiger partial charge >= 0.3 is 6.03 Å². The van der Waals surface area contributed by atoms with Crippen molar-refractivity contribution in [3.8, 4) is 5.75 Å². The molecule has 5 nitrogen and oxygen atoms in total. The van der Waals surface area contributed by atoms with Crippen LogP contribution in [0.2, 0.25) is 0 Å². The van der Waals surface area contributed by atoms with Crippen molar-refractivity contribution in [2.75, 3.05) is 13.2 Å². The van der Waals surface area contributed by atoms with Crippen LogP contribution in [-0.4, -0.2) is 25.2 Å². The standard InChI is InChI=1S/C16H20N2O3/c1-13(11-14-7-9-20-12-14)18-16(19)17-8-10-21-15-5-3-2-4-6-15/h2-7,9,12-13H,8,10-11H2,1H3,(H2,17,18,19). The summed E-state index contributed by atoms with van der Waals surface area (Å²) in [4.78, 5) is 11.7. The summed E-state index contributed by atoms with van der Waals surface area (Å²) in [5, 5.41) is 5.63. The number of ether oxygens (including phenoxy) is 1. The molecule has 0 fully saturated rings. The monoisotopic (exact) mass is 288 g/mol. The van der Waals surface area contributed by atoms with Gasteiger partial charge in [-0.25, -0.2) is 4.79 Å². The molecule has 0 aliphatic heterocycles. The maximum atomic E-state index is 11.7. The summed E-state index contributed by atoms with van der Waals surface area (Å²) in [5.41, 5.74) is 1.07. The van der Waals surface area contributed by atoms with Crippen LogP contribution in [0.5, 0.6) is 5.75 Å². The van der Waals surface area contributed by atoms with Crippen LogP contribution in [0.1, 0.15) is 12.5 Å². The van der Waals surface area contributed by atoms with Crippen molar-refractivity contribution in [1.82, 2.24) is 10.6 Å². The molecule has 1 aromatic heterocycles. The number of benzene rings is 1. The van der Waals surface area contributed by atoms with Gasteiger partial charge in [0.1, 0.15) is 12.4 Å². The van der Waals surface area contributed by atoms with Crippen molar-refractivity contribution in [1.29, 1.82) is 0 Å². The molecule has 2 N–H and O–H groups in total. The van der Waals surface area contributed by atoms with Crippen molar-refractivity contribution in [3.05, 3.63) is 54.5 Å². The number of urea groups is 1. The van der Waals surface area contributed by atoms with Gasteiger partial charge in [0.05, 0.1) is 19.1 Å². The summed E-state index contributed by atoms with van der Waals surface area (Å²) in [5.74, 6) is 0.799. The zero-order chi connectivity index (χ0) is 14.9. The number of para-hydroxylation sites is 1. The van der Waals surface area contributed by atoms with Crippen molar-refractivity contribution in [2.45, 2.75) is 19.4 Å². The number of carbonyl (C=O) groups excluding carboxylic acids is 1. The lowest BCUT2D eigenvalue weighted by atomic mass is 10.1. The van der Waals surface area contributed by atoms with Crippen molar-refractivity contribution in [3.63, 3.8) is 0 Å². The number of furan rings is 1. The second-order valence-corrected chi connectivity index (χ2v) is 4.80. The largest absolute Gasteiger partial charge is 0.492 e. The number of rotatable bonds is 7. The van der Waals surface area contributed by atoms with E-state index < -0.39 is 0 Å². The lowest BCUT2D eigenvalue weighted by Gasteiger charge is -2.14. The van der Waals surface area contributed by atoms with Crippen LogP contribution < -0.4 is 15.4 Å². The molecule has 0 saturated carbocycles. The molecule has 0 bridgehead atoms. The molecule has 1 unspecified atom stereocenters. The fourth-order valence-electron chi connectivity index (χ4n) is 1.94. The van der Waals surface area contributed by atoms with Gasteiger partial charge in [-0.05, 0) is 37.1 Å². The Balaban J connectivity index is 1.59. The molecule has 1 heterocycles. The highest BCUT2D eigenvalue weighted by Gasteiger charge is 2.08. The smallest absolute Gasteiger partial charge is 0.315 e. The van der Waals surface area contributed by atoms with Crippen LogP contribution in [0.25, 0.3) is 0 Å². The molecule has 0 spiro atoms. The minimum Gasteiger partial charge on any atom is -0.492 e. The van der Waals surface area contributed by atoms with E-state index in [0.717, 1.165) is 17.7 Å². The summed E-state index contributed by atoms with van der Waals surface area (Å²) in [6.07, 6.45) is 4.05. The zero-order valence-electron chi connectivity index (χ0n) is 12.0. The molecule has 5 heteroatoms. The van der Waals surface area contributed by atoms with Crippen LogP contribution in [-0.2, 0) is 6.42 Å². The first-order valence-electron chi connectivity index (χ1n) is 6.97. The van der Waals surface area contributed by atoms with Crippen LogP contribution in [0.4, 0.5) is 4.79 Å². The Hall–Kier alpha value is -2.43. The minimum atomic E-state index is -0.192. The molecule has 21 heavy (non-hydrogen) atoms. The maximum absolute atomic E-state index is 11.7. The number of hydrogen-bond acceptors (Lipinski definition) is 3. The fraction of sp³-hybridized carbons (Fsp3) is 0.312. The highest BCUT2D eigenvalue weighted by Crippen LogP contribution is 2.07. The third kappa shape index (κ3) is 5.60. The van der Waals surface area contributed by atoms with E-state index in [-0.39, 0.29) is 12.1 Å². The molecule has 1 atom stereocenters. The van der Waals surface area contributed by atoms with E-state index in [1.807, 2.05) is 43.3 Å². The van der Waals surface area contributed by atoms with Gasteiger partial charge in [0.25, 0.3) is 0 Å². The van der Waals surface area contributed by atoms with Crippen molar-refractivity contribution < 1.29 is 13.9 Å². The molecule has 112 valence electrons. The molecule has 0 aliphatic rings. The average Bonchev–Trinajstić information content (AvgIpc) is 2.97. The Morgan fingerprint density at radius 1 is 1.29 bits per heavy atom. The molecule has 0 saturated heterocycles. The van der Waals surface area contributed by atoms with Crippen molar-refractivity contribution >= 4 is 6.03 Å². The maximum Gasteiger partial charge on any atom is 0.315 e. The second kappa shape index (κ2) is 7.99. The van der Waals surface area contributed by atoms with Crippen LogP contribution in [0.15, 0.2) is 53.3 Å². The molecule has 2 amide bonds. The van der Waals surface area contributed by atoms with E-state index in [1.54, 1.807) is 12.5 Å². The average molecular weight is 288 g/mol. The molecular formula is C16H20N2O3. The molecule has 0 radical (unpaired) electrons. The van der Waals surface area contributed by atoms with Crippen LogP contribution >= 0.6 is 0 Å². The minimum absolute atomic E-state index is 0.0395. The fourth-order valence-corrected chi connectivity index (χ4v) is 1.94. The van der Waals surface area contributed by atoms with Gasteiger partial charge in [-0.1, -0.05) is 18.2 Å². The Bertz CT molecular complexity index is 526. The summed E-state index contributed by atoms with van der Waals surface area (Å²) >= 11 is 0. The molecular weight excluding hydrogens is 268 g/mol. The van der Waals surface area contributed by atoms with E-state index in [1.165, 1.54) is 0 Å². The van der Waals surface area contributed by atoms with E-state index in [4.69, 9.17) is 9.15 Å². The molecule has 2 rings (SSSR count). The van der Waals surface area contributed by atoms with Crippen molar-refractivity contribution in [2.24, 2.45) is 0 Å². The van der Waals surface area contributed by atoms with Crippen LogP contribution in [0, 0.1) is 0 Å². The van der Waals surface area contributed by atoms with Gasteiger partial charge in [0, 0.05) is 6.04 Å². The Labute approximate surface area is 124 Å². The summed E-state index contributed by atoms with van der Waals surface area (Å²) < 4.78 is 10.5. The summed E-state index contributed by atoms with van der Waals surface area (Å²) in [6, 6.07) is 11.3. The molecule has 1 aromatic carbocycles. The number of amides is 2. The SMILES string of the molecule is CC(Cc1ccoc1)NC(=O)NCCOc1ccccc1. The highest BCUT2D eigenvalue weighted by atomic mass is 16.5. The predicted octanol–water partition coefficient (Wildman–Crippen LogP) is 2.59. The zero-order valence-corrected chi connectivity index (χ0v) is 12.0. The topological polar surface area (TPSA) is 63.5 Å². The lowest BCUT2D eigenvalue weighted by molar-refractivity contribution is 0.233. The van der Waals surface area contributed by atoms with E-state index in [9.17, 15) is 4.79 Å². The Kier molecular flexibility index (Phi) is 5.70. The molecule has 2 aromatic rings. The number of carbonyl (C=O) groups is 1.